The van der Waals surface area contributed by atoms with Gasteiger partial charge in [-0.25, -0.2) is 8.42 Å². The fraction of sp³-hybridized carbons (Fsp3) is 0.440. The highest BCUT2D eigenvalue weighted by molar-refractivity contribution is 7.89. The van der Waals surface area contributed by atoms with Crippen LogP contribution < -0.4 is 0 Å². The van der Waals surface area contributed by atoms with Crippen LogP contribution in [0.4, 0.5) is 0 Å². The fourth-order valence-electron chi connectivity index (χ4n) is 3.92. The Kier molecular flexibility index (Phi) is 8.32. The second-order valence-electron chi connectivity index (χ2n) is 7.98. The SMILES string of the molecule is C=C(C)c1ccc(C)cc1-c1c(O)cc(CCCCC)c(S(=O)(=O)N(CC)CC)c1O. The highest BCUT2D eigenvalue weighted by Gasteiger charge is 2.32. The van der Waals surface area contributed by atoms with Gasteiger partial charge in [-0.05, 0) is 49.4 Å². The van der Waals surface area contributed by atoms with Crippen molar-refractivity contribution in [2.24, 2.45) is 0 Å². The van der Waals surface area contributed by atoms with E-state index in [1.807, 2.05) is 32.0 Å². The maximum Gasteiger partial charge on any atom is 0.247 e. The van der Waals surface area contributed by atoms with E-state index in [9.17, 15) is 18.6 Å². The van der Waals surface area contributed by atoms with Crippen molar-refractivity contribution >= 4 is 15.6 Å². The molecule has 5 nitrogen and oxygen atoms in total. The maximum atomic E-state index is 13.5. The quantitative estimate of drug-likeness (QED) is 0.448. The molecule has 2 aromatic rings. The van der Waals surface area contributed by atoms with E-state index in [0.717, 1.165) is 36.0 Å². The largest absolute Gasteiger partial charge is 0.507 e. The molecule has 0 aliphatic carbocycles. The van der Waals surface area contributed by atoms with E-state index in [1.54, 1.807) is 13.8 Å². The number of hydrogen-bond acceptors (Lipinski definition) is 4. The molecular weight excluding hydrogens is 410 g/mol. The van der Waals surface area contributed by atoms with Crippen LogP contribution in [0.25, 0.3) is 16.7 Å². The van der Waals surface area contributed by atoms with Crippen molar-refractivity contribution in [2.45, 2.75) is 65.2 Å². The Bertz CT molecular complexity index is 1050. The molecule has 0 saturated carbocycles. The van der Waals surface area contributed by atoms with Gasteiger partial charge in [0.25, 0.3) is 0 Å². The molecule has 2 rings (SSSR count). The number of phenols is 2. The van der Waals surface area contributed by atoms with Crippen molar-refractivity contribution in [1.29, 1.82) is 0 Å². The molecule has 0 unspecified atom stereocenters. The Balaban J connectivity index is 2.89. The van der Waals surface area contributed by atoms with E-state index in [-0.39, 0.29) is 16.2 Å². The third-order valence-electron chi connectivity index (χ3n) is 5.57. The lowest BCUT2D eigenvalue weighted by molar-refractivity contribution is 0.422. The van der Waals surface area contributed by atoms with Crippen LogP contribution in [0.2, 0.25) is 0 Å². The average Bonchev–Trinajstić information content (AvgIpc) is 2.68. The molecule has 0 spiro atoms. The van der Waals surface area contributed by atoms with Gasteiger partial charge in [0, 0.05) is 13.1 Å². The average molecular weight is 446 g/mol. The van der Waals surface area contributed by atoms with Gasteiger partial charge in [0.1, 0.15) is 16.4 Å². The smallest absolute Gasteiger partial charge is 0.247 e. The van der Waals surface area contributed by atoms with Gasteiger partial charge in [-0.15, -0.1) is 0 Å². The highest BCUT2D eigenvalue weighted by Crippen LogP contribution is 2.46. The molecule has 0 bridgehead atoms. The van der Waals surface area contributed by atoms with Crippen LogP contribution in [-0.4, -0.2) is 36.0 Å². The summed E-state index contributed by atoms with van der Waals surface area (Å²) < 4.78 is 28.4. The van der Waals surface area contributed by atoms with E-state index in [1.165, 1.54) is 10.4 Å². The zero-order chi connectivity index (χ0) is 23.3. The number of allylic oxidation sites excluding steroid dienone is 1. The summed E-state index contributed by atoms with van der Waals surface area (Å²) in [5.41, 5.74) is 3.59. The summed E-state index contributed by atoms with van der Waals surface area (Å²) in [4.78, 5) is -0.103. The van der Waals surface area contributed by atoms with Gasteiger partial charge in [0.05, 0.1) is 5.56 Å². The third kappa shape index (κ3) is 5.13. The molecule has 6 heteroatoms. The van der Waals surface area contributed by atoms with E-state index in [2.05, 4.69) is 13.5 Å². The van der Waals surface area contributed by atoms with Crippen molar-refractivity contribution in [2.75, 3.05) is 13.1 Å². The van der Waals surface area contributed by atoms with Crippen LogP contribution in [0.1, 0.15) is 63.6 Å². The van der Waals surface area contributed by atoms with Crippen molar-refractivity contribution in [3.63, 3.8) is 0 Å². The van der Waals surface area contributed by atoms with Crippen molar-refractivity contribution in [3.05, 3.63) is 47.5 Å². The number of aromatic hydroxyl groups is 2. The minimum absolute atomic E-state index is 0.103. The second-order valence-corrected chi connectivity index (χ2v) is 9.86. The Hall–Kier alpha value is -2.31. The normalized spacial score (nSPS) is 11.8. The summed E-state index contributed by atoms with van der Waals surface area (Å²) in [6, 6.07) is 7.14. The molecule has 0 aromatic heterocycles. The number of aryl methyl sites for hydroxylation is 2. The maximum absolute atomic E-state index is 13.5. The molecule has 2 aromatic carbocycles. The van der Waals surface area contributed by atoms with Crippen LogP contribution in [0.15, 0.2) is 35.7 Å². The van der Waals surface area contributed by atoms with Crippen LogP contribution in [-0.2, 0) is 16.4 Å². The second kappa shape index (κ2) is 10.3. The number of sulfonamides is 1. The summed E-state index contributed by atoms with van der Waals surface area (Å²) >= 11 is 0. The summed E-state index contributed by atoms with van der Waals surface area (Å²) in [6.07, 6.45) is 3.16. The first-order valence-corrected chi connectivity index (χ1v) is 12.4. The molecule has 170 valence electrons. The minimum atomic E-state index is -3.94. The van der Waals surface area contributed by atoms with Gasteiger partial charge in [0.2, 0.25) is 10.0 Å². The first kappa shape index (κ1) is 25.0. The molecule has 0 fully saturated rings. The molecule has 31 heavy (non-hydrogen) atoms. The molecule has 0 saturated heterocycles. The predicted octanol–water partition coefficient (Wildman–Crippen LogP) is 5.87. The topological polar surface area (TPSA) is 77.8 Å². The van der Waals surface area contributed by atoms with Crippen molar-refractivity contribution in [3.8, 4) is 22.6 Å². The molecule has 0 atom stereocenters. The first-order valence-electron chi connectivity index (χ1n) is 10.9. The molecule has 0 heterocycles. The number of phenolic OH excluding ortho intramolecular Hbond substituents is 2. The molecule has 0 radical (unpaired) electrons. The van der Waals surface area contributed by atoms with E-state index >= 15 is 0 Å². The number of hydrogen-bond donors (Lipinski definition) is 2. The number of benzene rings is 2. The monoisotopic (exact) mass is 445 g/mol. The highest BCUT2D eigenvalue weighted by atomic mass is 32.2. The predicted molar refractivity (Wildman–Crippen MR) is 128 cm³/mol. The first-order chi connectivity index (χ1) is 14.6. The lowest BCUT2D eigenvalue weighted by Crippen LogP contribution is -2.31. The Morgan fingerprint density at radius 1 is 1.06 bits per heavy atom. The summed E-state index contributed by atoms with van der Waals surface area (Å²) in [6.45, 7) is 14.0. The van der Waals surface area contributed by atoms with Crippen LogP contribution in [0.5, 0.6) is 11.5 Å². The third-order valence-corrected chi connectivity index (χ3v) is 7.74. The van der Waals surface area contributed by atoms with Crippen LogP contribution in [0, 0.1) is 6.92 Å². The van der Waals surface area contributed by atoms with Gasteiger partial charge in [-0.1, -0.05) is 69.5 Å². The van der Waals surface area contributed by atoms with Crippen molar-refractivity contribution in [1.82, 2.24) is 4.31 Å². The standard InChI is InChI=1S/C25H35NO4S/c1-7-10-11-12-19-16-22(27)23(21-15-18(6)13-14-20(21)17(4)5)24(28)25(19)31(29,30)26(8-2)9-3/h13-16,27-28H,4,7-12H2,1-3,5-6H3. The molecule has 0 aliphatic rings. The number of nitrogens with zero attached hydrogens (tertiary/aromatic N) is 1. The zero-order valence-electron chi connectivity index (χ0n) is 19.3. The van der Waals surface area contributed by atoms with Crippen molar-refractivity contribution < 1.29 is 18.6 Å². The van der Waals surface area contributed by atoms with E-state index in [4.69, 9.17) is 0 Å². The lowest BCUT2D eigenvalue weighted by Gasteiger charge is -2.24. The van der Waals surface area contributed by atoms with Crippen LogP contribution >= 0.6 is 0 Å². The summed E-state index contributed by atoms with van der Waals surface area (Å²) in [5, 5.41) is 22.3. The molecule has 2 N–H and O–H groups in total. The van der Waals surface area contributed by atoms with Gasteiger partial charge in [-0.3, -0.25) is 0 Å². The molecule has 0 aliphatic heterocycles. The summed E-state index contributed by atoms with van der Waals surface area (Å²) in [7, 11) is -3.94. The number of unbranched alkanes of at least 4 members (excludes halogenated alkanes) is 2. The lowest BCUT2D eigenvalue weighted by atomic mass is 9.91. The van der Waals surface area contributed by atoms with Gasteiger partial charge < -0.3 is 10.2 Å². The minimum Gasteiger partial charge on any atom is -0.507 e. The zero-order valence-corrected chi connectivity index (χ0v) is 20.1. The van der Waals surface area contributed by atoms with Gasteiger partial charge in [-0.2, -0.15) is 4.31 Å². The number of rotatable bonds is 10. The Morgan fingerprint density at radius 2 is 1.71 bits per heavy atom. The molecular formula is C25H35NO4S. The Labute approximate surface area is 187 Å². The fourth-order valence-corrected chi connectivity index (χ4v) is 5.70. The Morgan fingerprint density at radius 3 is 2.26 bits per heavy atom. The van der Waals surface area contributed by atoms with Gasteiger partial charge >= 0.3 is 0 Å². The van der Waals surface area contributed by atoms with E-state index in [0.29, 0.717) is 30.6 Å². The van der Waals surface area contributed by atoms with E-state index < -0.39 is 15.8 Å². The van der Waals surface area contributed by atoms with Gasteiger partial charge in [0.15, 0.2) is 0 Å². The summed E-state index contributed by atoms with van der Waals surface area (Å²) in [5.74, 6) is -0.526. The molecule has 0 amide bonds. The van der Waals surface area contributed by atoms with Crippen LogP contribution in [0.3, 0.4) is 0 Å².